The number of carbonyl (C=O) groups excluding carboxylic acids is 1. The largest absolute Gasteiger partial charge is 0.507 e. The highest BCUT2D eigenvalue weighted by Gasteiger charge is 2.05. The van der Waals surface area contributed by atoms with Crippen molar-refractivity contribution >= 4 is 11.6 Å². The monoisotopic (exact) mass is 260 g/mol. The number of carbonyl (C=O) groups is 1. The van der Waals surface area contributed by atoms with Gasteiger partial charge in [0.05, 0.1) is 11.9 Å². The van der Waals surface area contributed by atoms with Crippen molar-refractivity contribution in [2.45, 2.75) is 20.0 Å². The number of hydrogen-bond acceptors (Lipinski definition) is 4. The Bertz CT molecular complexity index is 592. The zero-order valence-corrected chi connectivity index (χ0v) is 10.6. The van der Waals surface area contributed by atoms with E-state index in [-0.39, 0.29) is 6.54 Å². The Morgan fingerprint density at radius 3 is 3.05 bits per heavy atom. The molecule has 19 heavy (non-hydrogen) atoms. The molecule has 1 heterocycles. The molecule has 0 unspecified atom stereocenters. The fourth-order valence-electron chi connectivity index (χ4n) is 1.76. The highest BCUT2D eigenvalue weighted by atomic mass is 16.3. The summed E-state index contributed by atoms with van der Waals surface area (Å²) in [4.78, 5) is 10.7. The number of para-hydroxylation sites is 1. The predicted octanol–water partition coefficient (Wildman–Crippen LogP) is 0.995. The lowest BCUT2D eigenvalue weighted by Gasteiger charge is -2.07. The van der Waals surface area contributed by atoms with Crippen LogP contribution in [0.15, 0.2) is 30.6 Å². The summed E-state index contributed by atoms with van der Waals surface area (Å²) < 4.78 is 1.46. The van der Waals surface area contributed by atoms with Gasteiger partial charge in [-0.15, -0.1) is 0 Å². The lowest BCUT2D eigenvalue weighted by Crippen LogP contribution is -2.18. The topological polar surface area (TPSA) is 93.2 Å². The Hall–Kier alpha value is -2.50. The zero-order chi connectivity index (χ0) is 13.8. The number of benzene rings is 1. The van der Waals surface area contributed by atoms with Crippen molar-refractivity contribution in [1.82, 2.24) is 9.78 Å². The minimum atomic E-state index is -0.439. The highest BCUT2D eigenvalue weighted by Crippen LogP contribution is 2.22. The van der Waals surface area contributed by atoms with E-state index in [1.165, 1.54) is 4.68 Å². The van der Waals surface area contributed by atoms with Gasteiger partial charge in [-0.25, -0.2) is 0 Å². The number of amides is 1. The number of phenols is 1. The van der Waals surface area contributed by atoms with Crippen molar-refractivity contribution in [3.05, 3.63) is 41.7 Å². The Morgan fingerprint density at radius 2 is 2.32 bits per heavy atom. The number of aromatic hydroxyl groups is 1. The molecule has 0 saturated carbocycles. The molecule has 100 valence electrons. The van der Waals surface area contributed by atoms with Crippen LogP contribution >= 0.6 is 0 Å². The van der Waals surface area contributed by atoms with Gasteiger partial charge in [-0.05, 0) is 12.5 Å². The number of hydrogen-bond donors (Lipinski definition) is 3. The van der Waals surface area contributed by atoms with Crippen molar-refractivity contribution in [3.63, 3.8) is 0 Å². The van der Waals surface area contributed by atoms with Crippen molar-refractivity contribution in [1.29, 1.82) is 0 Å². The van der Waals surface area contributed by atoms with Gasteiger partial charge in [-0.2, -0.15) is 5.10 Å². The molecule has 0 bridgehead atoms. The fraction of sp³-hybridized carbons (Fsp3) is 0.231. The predicted molar refractivity (Wildman–Crippen MR) is 71.6 cm³/mol. The van der Waals surface area contributed by atoms with Gasteiger partial charge in [0.2, 0.25) is 5.91 Å². The molecule has 0 aliphatic carbocycles. The number of phenolic OH excluding ortho intramolecular Hbond substituents is 1. The molecule has 1 amide bonds. The number of nitrogens with two attached hydrogens (primary N) is 1. The van der Waals surface area contributed by atoms with Crippen LogP contribution in [0.2, 0.25) is 0 Å². The maximum absolute atomic E-state index is 10.7. The van der Waals surface area contributed by atoms with Gasteiger partial charge in [-0.1, -0.05) is 18.2 Å². The van der Waals surface area contributed by atoms with E-state index in [4.69, 9.17) is 5.73 Å². The van der Waals surface area contributed by atoms with E-state index in [0.29, 0.717) is 12.3 Å². The number of nitrogens with one attached hydrogen (secondary N) is 1. The first kappa shape index (κ1) is 12.9. The molecule has 0 aliphatic rings. The number of rotatable bonds is 5. The van der Waals surface area contributed by atoms with Crippen molar-refractivity contribution in [3.8, 4) is 5.75 Å². The van der Waals surface area contributed by atoms with Crippen molar-refractivity contribution in [2.24, 2.45) is 5.73 Å². The molecule has 2 aromatic rings. The van der Waals surface area contributed by atoms with Crippen LogP contribution in [0.4, 0.5) is 5.69 Å². The maximum atomic E-state index is 10.7. The first-order chi connectivity index (χ1) is 9.06. The lowest BCUT2D eigenvalue weighted by atomic mass is 10.1. The van der Waals surface area contributed by atoms with E-state index < -0.39 is 5.91 Å². The summed E-state index contributed by atoms with van der Waals surface area (Å²) in [5.41, 5.74) is 7.49. The van der Waals surface area contributed by atoms with E-state index in [1.54, 1.807) is 12.4 Å². The quantitative estimate of drug-likeness (QED) is 0.747. The Balaban J connectivity index is 2.00. The van der Waals surface area contributed by atoms with Gasteiger partial charge >= 0.3 is 0 Å². The van der Waals surface area contributed by atoms with Crippen LogP contribution in [-0.2, 0) is 17.9 Å². The standard InChI is InChI=1S/C13H16N4O2/c1-9-3-2-4-10(13(9)19)5-15-11-6-16-17(7-11)8-12(14)18/h2-4,6-7,15,19H,5,8H2,1H3,(H2,14,18). The van der Waals surface area contributed by atoms with Crippen molar-refractivity contribution in [2.75, 3.05) is 5.32 Å². The second kappa shape index (κ2) is 5.43. The third-order valence-electron chi connectivity index (χ3n) is 2.76. The summed E-state index contributed by atoms with van der Waals surface area (Å²) in [7, 11) is 0. The Kier molecular flexibility index (Phi) is 3.70. The van der Waals surface area contributed by atoms with E-state index in [2.05, 4.69) is 10.4 Å². The number of aromatic nitrogens is 2. The van der Waals surface area contributed by atoms with Crippen LogP contribution in [-0.4, -0.2) is 20.8 Å². The molecule has 2 rings (SSSR count). The minimum absolute atomic E-state index is 0.0530. The normalized spacial score (nSPS) is 10.4. The number of nitrogens with zero attached hydrogens (tertiary/aromatic N) is 2. The Morgan fingerprint density at radius 1 is 1.53 bits per heavy atom. The van der Waals surface area contributed by atoms with Gasteiger partial charge in [-0.3, -0.25) is 9.48 Å². The first-order valence-corrected chi connectivity index (χ1v) is 5.88. The van der Waals surface area contributed by atoms with E-state index in [0.717, 1.165) is 16.8 Å². The van der Waals surface area contributed by atoms with Gasteiger partial charge < -0.3 is 16.2 Å². The smallest absolute Gasteiger partial charge is 0.239 e. The zero-order valence-electron chi connectivity index (χ0n) is 10.6. The third kappa shape index (κ3) is 3.25. The molecule has 4 N–H and O–H groups in total. The molecule has 0 fully saturated rings. The van der Waals surface area contributed by atoms with E-state index in [1.807, 2.05) is 25.1 Å². The highest BCUT2D eigenvalue weighted by molar-refractivity contribution is 5.73. The number of anilines is 1. The van der Waals surface area contributed by atoms with Crippen molar-refractivity contribution < 1.29 is 9.90 Å². The minimum Gasteiger partial charge on any atom is -0.507 e. The van der Waals surface area contributed by atoms with Gasteiger partial charge in [0.25, 0.3) is 0 Å². The average molecular weight is 260 g/mol. The molecule has 0 saturated heterocycles. The van der Waals surface area contributed by atoms with E-state index in [9.17, 15) is 9.90 Å². The third-order valence-corrected chi connectivity index (χ3v) is 2.76. The molecular formula is C13H16N4O2. The fourth-order valence-corrected chi connectivity index (χ4v) is 1.76. The number of aryl methyl sites for hydroxylation is 1. The molecule has 0 atom stereocenters. The van der Waals surface area contributed by atoms with E-state index >= 15 is 0 Å². The molecular weight excluding hydrogens is 244 g/mol. The van der Waals surface area contributed by atoms with Crippen LogP contribution in [0.5, 0.6) is 5.75 Å². The lowest BCUT2D eigenvalue weighted by molar-refractivity contribution is -0.118. The molecule has 6 heteroatoms. The van der Waals surface area contributed by atoms with Crippen LogP contribution in [0, 0.1) is 6.92 Å². The van der Waals surface area contributed by atoms with Crippen LogP contribution in [0.3, 0.4) is 0 Å². The van der Waals surface area contributed by atoms with Gasteiger partial charge in [0.15, 0.2) is 0 Å². The summed E-state index contributed by atoms with van der Waals surface area (Å²) >= 11 is 0. The summed E-state index contributed by atoms with van der Waals surface area (Å²) in [5, 5.41) is 17.0. The van der Waals surface area contributed by atoms with Crippen LogP contribution < -0.4 is 11.1 Å². The SMILES string of the molecule is Cc1cccc(CNc2cnn(CC(N)=O)c2)c1O. The average Bonchev–Trinajstić information content (AvgIpc) is 2.78. The summed E-state index contributed by atoms with van der Waals surface area (Å²) in [5.74, 6) is -0.148. The summed E-state index contributed by atoms with van der Waals surface area (Å²) in [6, 6.07) is 5.59. The van der Waals surface area contributed by atoms with Crippen LogP contribution in [0.25, 0.3) is 0 Å². The molecule has 6 nitrogen and oxygen atoms in total. The molecule has 0 radical (unpaired) electrons. The summed E-state index contributed by atoms with van der Waals surface area (Å²) in [6.07, 6.45) is 3.30. The molecule has 1 aromatic heterocycles. The number of primary amides is 1. The molecule has 0 aliphatic heterocycles. The van der Waals surface area contributed by atoms with Gasteiger partial charge in [0, 0.05) is 18.3 Å². The molecule has 1 aromatic carbocycles. The first-order valence-electron chi connectivity index (χ1n) is 5.88. The molecule has 0 spiro atoms. The van der Waals surface area contributed by atoms with Gasteiger partial charge in [0.1, 0.15) is 12.3 Å². The second-order valence-electron chi connectivity index (χ2n) is 4.33. The second-order valence-corrected chi connectivity index (χ2v) is 4.33. The summed E-state index contributed by atoms with van der Waals surface area (Å²) in [6.45, 7) is 2.39. The van der Waals surface area contributed by atoms with Crippen LogP contribution in [0.1, 0.15) is 11.1 Å². The Labute approximate surface area is 110 Å². The maximum Gasteiger partial charge on any atom is 0.239 e.